The quantitative estimate of drug-likeness (QED) is 0.718. The van der Waals surface area contributed by atoms with Gasteiger partial charge in [0.2, 0.25) is 5.91 Å². The van der Waals surface area contributed by atoms with E-state index in [0.29, 0.717) is 12.3 Å². The first-order valence-corrected chi connectivity index (χ1v) is 8.14. The van der Waals surface area contributed by atoms with Crippen LogP contribution in [0.2, 0.25) is 0 Å². The number of amides is 1. The summed E-state index contributed by atoms with van der Waals surface area (Å²) in [6.07, 6.45) is 3.86. The van der Waals surface area contributed by atoms with E-state index >= 15 is 0 Å². The molecule has 3 aromatic rings. The van der Waals surface area contributed by atoms with Gasteiger partial charge in [0, 0.05) is 18.5 Å². The molecule has 1 aromatic carbocycles. The van der Waals surface area contributed by atoms with E-state index in [9.17, 15) is 4.79 Å². The number of imidazole rings is 1. The van der Waals surface area contributed by atoms with E-state index in [4.69, 9.17) is 9.47 Å². The van der Waals surface area contributed by atoms with Crippen LogP contribution in [0.5, 0.6) is 11.5 Å². The molecule has 1 N–H and O–H groups in total. The van der Waals surface area contributed by atoms with Crippen LogP contribution in [-0.2, 0) is 11.2 Å². The third-order valence-corrected chi connectivity index (χ3v) is 3.72. The summed E-state index contributed by atoms with van der Waals surface area (Å²) < 4.78 is 12.9. The van der Waals surface area contributed by atoms with Gasteiger partial charge in [-0.25, -0.2) is 4.98 Å². The Morgan fingerprint density at radius 3 is 2.88 bits per heavy atom. The number of ether oxygens (including phenoxy) is 2. The van der Waals surface area contributed by atoms with E-state index in [1.54, 1.807) is 7.11 Å². The maximum Gasteiger partial charge on any atom is 0.226 e. The maximum absolute atomic E-state index is 12.1. The van der Waals surface area contributed by atoms with E-state index in [1.165, 1.54) is 0 Å². The van der Waals surface area contributed by atoms with Crippen LogP contribution in [0.3, 0.4) is 0 Å². The number of hydrogen-bond acceptors (Lipinski definition) is 4. The lowest BCUT2D eigenvalue weighted by molar-refractivity contribution is -0.120. The number of rotatable bonds is 7. The van der Waals surface area contributed by atoms with Crippen molar-refractivity contribution in [1.82, 2.24) is 14.7 Å². The van der Waals surface area contributed by atoms with Gasteiger partial charge in [-0.2, -0.15) is 0 Å². The molecule has 0 aliphatic rings. The van der Waals surface area contributed by atoms with Crippen LogP contribution in [0, 0.1) is 0 Å². The molecular formula is C19H21N3O3. The van der Waals surface area contributed by atoms with Gasteiger partial charge in [0.1, 0.15) is 23.3 Å². The van der Waals surface area contributed by atoms with Crippen LogP contribution in [0.25, 0.3) is 5.65 Å². The molecule has 1 unspecified atom stereocenters. The fraction of sp³-hybridized carbons (Fsp3) is 0.263. The first-order valence-electron chi connectivity index (χ1n) is 8.14. The van der Waals surface area contributed by atoms with E-state index in [0.717, 1.165) is 17.1 Å². The van der Waals surface area contributed by atoms with Gasteiger partial charge < -0.3 is 19.2 Å². The lowest BCUT2D eigenvalue weighted by atomic mass is 10.3. The fourth-order valence-corrected chi connectivity index (χ4v) is 2.51. The molecule has 2 aromatic heterocycles. The highest BCUT2D eigenvalue weighted by Gasteiger charge is 2.10. The SMILES string of the molecule is COc1cccc(OC(C)CNC(=O)Cc2cn3ccccc3n2)c1. The Morgan fingerprint density at radius 1 is 1.24 bits per heavy atom. The molecule has 6 nitrogen and oxygen atoms in total. The minimum absolute atomic E-state index is 0.0792. The van der Waals surface area contributed by atoms with Crippen LogP contribution in [0.4, 0.5) is 0 Å². The predicted octanol–water partition coefficient (Wildman–Crippen LogP) is 2.47. The Labute approximate surface area is 146 Å². The second kappa shape index (κ2) is 7.70. The van der Waals surface area contributed by atoms with Gasteiger partial charge >= 0.3 is 0 Å². The molecule has 25 heavy (non-hydrogen) atoms. The number of aromatic nitrogens is 2. The number of carbonyl (C=O) groups excluding carboxylic acids is 1. The van der Waals surface area contributed by atoms with E-state index < -0.39 is 0 Å². The van der Waals surface area contributed by atoms with Gasteiger partial charge in [-0.3, -0.25) is 4.79 Å². The van der Waals surface area contributed by atoms with Crippen molar-refractivity contribution in [2.24, 2.45) is 0 Å². The van der Waals surface area contributed by atoms with Crippen molar-refractivity contribution >= 4 is 11.6 Å². The normalized spacial score (nSPS) is 11.9. The number of nitrogens with one attached hydrogen (secondary N) is 1. The summed E-state index contributed by atoms with van der Waals surface area (Å²) in [6, 6.07) is 13.1. The minimum atomic E-state index is -0.155. The molecule has 0 spiro atoms. The minimum Gasteiger partial charge on any atom is -0.497 e. The summed E-state index contributed by atoms with van der Waals surface area (Å²) in [4.78, 5) is 16.5. The maximum atomic E-state index is 12.1. The Balaban J connectivity index is 1.49. The molecule has 1 amide bonds. The fourth-order valence-electron chi connectivity index (χ4n) is 2.51. The molecule has 0 aliphatic heterocycles. The molecule has 0 saturated carbocycles. The molecule has 3 rings (SSSR count). The zero-order valence-corrected chi connectivity index (χ0v) is 14.3. The predicted molar refractivity (Wildman–Crippen MR) is 95.0 cm³/mol. The van der Waals surface area contributed by atoms with Crippen LogP contribution in [-0.4, -0.2) is 35.1 Å². The molecular weight excluding hydrogens is 318 g/mol. The zero-order chi connectivity index (χ0) is 17.6. The van der Waals surface area contributed by atoms with Gasteiger partial charge in [-0.05, 0) is 31.2 Å². The Morgan fingerprint density at radius 2 is 2.08 bits per heavy atom. The first-order chi connectivity index (χ1) is 12.1. The second-order valence-corrected chi connectivity index (χ2v) is 5.79. The van der Waals surface area contributed by atoms with Gasteiger partial charge in [0.15, 0.2) is 0 Å². The Hall–Kier alpha value is -3.02. The third kappa shape index (κ3) is 4.50. The molecule has 130 valence electrons. The number of nitrogens with zero attached hydrogens (tertiary/aromatic N) is 2. The van der Waals surface area contributed by atoms with E-state index in [1.807, 2.05) is 66.2 Å². The molecule has 0 radical (unpaired) electrons. The van der Waals surface area contributed by atoms with Gasteiger partial charge in [-0.1, -0.05) is 12.1 Å². The number of hydrogen-bond donors (Lipinski definition) is 1. The highest BCUT2D eigenvalue weighted by atomic mass is 16.5. The van der Waals surface area contributed by atoms with Crippen molar-refractivity contribution in [1.29, 1.82) is 0 Å². The molecule has 0 fully saturated rings. The monoisotopic (exact) mass is 339 g/mol. The summed E-state index contributed by atoms with van der Waals surface area (Å²) >= 11 is 0. The van der Waals surface area contributed by atoms with Crippen molar-refractivity contribution in [3.63, 3.8) is 0 Å². The largest absolute Gasteiger partial charge is 0.497 e. The zero-order valence-electron chi connectivity index (χ0n) is 14.3. The van der Waals surface area contributed by atoms with Crippen molar-refractivity contribution in [3.05, 3.63) is 60.6 Å². The Bertz CT molecular complexity index is 827. The van der Waals surface area contributed by atoms with E-state index in [2.05, 4.69) is 10.3 Å². The number of pyridine rings is 1. The van der Waals surface area contributed by atoms with Crippen LogP contribution >= 0.6 is 0 Å². The summed E-state index contributed by atoms with van der Waals surface area (Å²) in [5.74, 6) is 1.37. The smallest absolute Gasteiger partial charge is 0.226 e. The number of methoxy groups -OCH3 is 1. The standard InChI is InChI=1S/C19H21N3O3/c1-14(25-17-7-5-6-16(11-17)24-2)12-20-19(23)10-15-13-22-9-4-3-8-18(22)21-15/h3-9,11,13-14H,10,12H2,1-2H3,(H,20,23). The lowest BCUT2D eigenvalue weighted by Crippen LogP contribution is -2.34. The molecule has 0 saturated heterocycles. The summed E-state index contributed by atoms with van der Waals surface area (Å²) in [7, 11) is 1.61. The molecule has 6 heteroatoms. The first kappa shape index (κ1) is 16.8. The average molecular weight is 339 g/mol. The highest BCUT2D eigenvalue weighted by molar-refractivity contribution is 5.78. The van der Waals surface area contributed by atoms with Crippen molar-refractivity contribution in [2.75, 3.05) is 13.7 Å². The molecule has 0 aliphatic carbocycles. The number of carbonyl (C=O) groups is 1. The summed E-state index contributed by atoms with van der Waals surface area (Å²) in [6.45, 7) is 2.33. The van der Waals surface area contributed by atoms with Crippen LogP contribution in [0.15, 0.2) is 54.9 Å². The van der Waals surface area contributed by atoms with Gasteiger partial charge in [0.05, 0.1) is 25.8 Å². The van der Waals surface area contributed by atoms with Gasteiger partial charge in [-0.15, -0.1) is 0 Å². The van der Waals surface area contributed by atoms with Crippen molar-refractivity contribution in [2.45, 2.75) is 19.4 Å². The third-order valence-electron chi connectivity index (χ3n) is 3.72. The number of benzene rings is 1. The van der Waals surface area contributed by atoms with Gasteiger partial charge in [0.25, 0.3) is 0 Å². The summed E-state index contributed by atoms with van der Waals surface area (Å²) in [5.41, 5.74) is 1.57. The van der Waals surface area contributed by atoms with Crippen molar-refractivity contribution < 1.29 is 14.3 Å². The van der Waals surface area contributed by atoms with Crippen molar-refractivity contribution in [3.8, 4) is 11.5 Å². The van der Waals surface area contributed by atoms with E-state index in [-0.39, 0.29) is 18.4 Å². The molecule has 1 atom stereocenters. The Kier molecular flexibility index (Phi) is 5.18. The number of fused-ring (bicyclic) bond motifs is 1. The topological polar surface area (TPSA) is 64.9 Å². The molecule has 0 bridgehead atoms. The summed E-state index contributed by atoms with van der Waals surface area (Å²) in [5, 5.41) is 2.88. The average Bonchev–Trinajstić information content (AvgIpc) is 3.02. The van der Waals surface area contributed by atoms with Crippen LogP contribution < -0.4 is 14.8 Å². The lowest BCUT2D eigenvalue weighted by Gasteiger charge is -2.15. The second-order valence-electron chi connectivity index (χ2n) is 5.79. The van der Waals surface area contributed by atoms with Crippen LogP contribution in [0.1, 0.15) is 12.6 Å². The molecule has 2 heterocycles. The highest BCUT2D eigenvalue weighted by Crippen LogP contribution is 2.19.